The molecule has 1 aliphatic carbocycles. The molecule has 3 rings (SSSR count). The van der Waals surface area contributed by atoms with E-state index in [9.17, 15) is 9.18 Å². The Bertz CT molecular complexity index is 786. The average molecular weight is 371 g/mol. The normalized spacial score (nSPS) is 15.2. The van der Waals surface area contributed by atoms with E-state index in [2.05, 4.69) is 11.5 Å². The Morgan fingerprint density at radius 1 is 1.19 bits per heavy atom. The van der Waals surface area contributed by atoms with Gasteiger partial charge >= 0.3 is 0 Å². The minimum Gasteiger partial charge on any atom is -0.366 e. The third-order valence-corrected chi connectivity index (χ3v) is 5.94. The zero-order valence-corrected chi connectivity index (χ0v) is 16.6. The molecule has 146 valence electrons. The molecule has 0 saturated heterocycles. The maximum atomic E-state index is 13.5. The summed E-state index contributed by atoms with van der Waals surface area (Å²) in [5.41, 5.74) is 10.3. The van der Waals surface area contributed by atoms with Crippen molar-refractivity contribution in [1.82, 2.24) is 4.57 Å². The number of halogens is 1. The van der Waals surface area contributed by atoms with Crippen LogP contribution in [0.4, 0.5) is 4.39 Å². The van der Waals surface area contributed by atoms with Gasteiger partial charge in [0.25, 0.3) is 5.91 Å². The van der Waals surface area contributed by atoms with E-state index in [0.717, 1.165) is 42.6 Å². The highest BCUT2D eigenvalue weighted by molar-refractivity contribution is 6.02. The van der Waals surface area contributed by atoms with Crippen LogP contribution in [0.25, 0.3) is 11.1 Å². The largest absolute Gasteiger partial charge is 0.366 e. The fourth-order valence-corrected chi connectivity index (χ4v) is 4.51. The molecular formula is C23H31FN2O. The lowest BCUT2D eigenvalue weighted by molar-refractivity contribution is 0.1000. The number of nitrogens with zero attached hydrogens (tertiary/aromatic N) is 1. The van der Waals surface area contributed by atoms with E-state index in [1.165, 1.54) is 49.9 Å². The summed E-state index contributed by atoms with van der Waals surface area (Å²) < 4.78 is 15.8. The van der Waals surface area contributed by atoms with Crippen LogP contribution in [0.2, 0.25) is 0 Å². The second-order valence-corrected chi connectivity index (χ2v) is 7.87. The number of amides is 1. The number of rotatable bonds is 7. The quantitative estimate of drug-likeness (QED) is 0.675. The molecule has 3 nitrogen and oxygen atoms in total. The van der Waals surface area contributed by atoms with Gasteiger partial charge in [-0.2, -0.15) is 0 Å². The smallest absolute Gasteiger partial charge is 0.251 e. The van der Waals surface area contributed by atoms with Crippen LogP contribution in [0.15, 0.2) is 24.3 Å². The van der Waals surface area contributed by atoms with Crippen molar-refractivity contribution >= 4 is 5.91 Å². The molecule has 2 N–H and O–H groups in total. The molecule has 1 fully saturated rings. The molecule has 1 aliphatic rings. The summed E-state index contributed by atoms with van der Waals surface area (Å²) in [6.45, 7) is 5.13. The summed E-state index contributed by atoms with van der Waals surface area (Å²) in [6.07, 6.45) is 9.47. The fourth-order valence-electron chi connectivity index (χ4n) is 4.51. The van der Waals surface area contributed by atoms with Gasteiger partial charge in [0.15, 0.2) is 0 Å². The molecule has 0 bridgehead atoms. The summed E-state index contributed by atoms with van der Waals surface area (Å²) in [7, 11) is 0. The molecule has 1 heterocycles. The monoisotopic (exact) mass is 370 g/mol. The molecule has 27 heavy (non-hydrogen) atoms. The molecule has 0 atom stereocenters. The number of carbonyl (C=O) groups excluding carboxylic acids is 1. The molecule has 1 saturated carbocycles. The average Bonchev–Trinajstić information content (AvgIpc) is 2.93. The third-order valence-electron chi connectivity index (χ3n) is 5.94. The highest BCUT2D eigenvalue weighted by Crippen LogP contribution is 2.36. The van der Waals surface area contributed by atoms with E-state index in [-0.39, 0.29) is 5.82 Å². The molecule has 1 amide bonds. The van der Waals surface area contributed by atoms with Crippen molar-refractivity contribution in [2.75, 3.05) is 0 Å². The van der Waals surface area contributed by atoms with Gasteiger partial charge in [0.05, 0.1) is 5.56 Å². The third kappa shape index (κ3) is 4.26. The Kier molecular flexibility index (Phi) is 6.35. The minimum absolute atomic E-state index is 0.271. The molecule has 1 aromatic heterocycles. The number of carbonyl (C=O) groups is 1. The maximum absolute atomic E-state index is 13.5. The first-order chi connectivity index (χ1) is 13.0. The standard InChI is InChI=1S/C23H31FN2O/c1-3-4-10-20-22(18-11-13-19(24)14-12-18)21(23(25)27)16(2)26(20)15-17-8-6-5-7-9-17/h11-14,17H,3-10,15H2,1-2H3,(H2,25,27). The summed E-state index contributed by atoms with van der Waals surface area (Å²) in [5.74, 6) is -0.00756. The Morgan fingerprint density at radius 3 is 2.44 bits per heavy atom. The first kappa shape index (κ1) is 19.7. The first-order valence-corrected chi connectivity index (χ1v) is 10.3. The van der Waals surface area contributed by atoms with Crippen LogP contribution in [-0.4, -0.2) is 10.5 Å². The number of primary amides is 1. The molecule has 1 aromatic carbocycles. The van der Waals surface area contributed by atoms with Crippen molar-refractivity contribution in [3.8, 4) is 11.1 Å². The number of unbranched alkanes of at least 4 members (excludes halogenated alkanes) is 1. The number of hydrogen-bond donors (Lipinski definition) is 1. The lowest BCUT2D eigenvalue weighted by Gasteiger charge is -2.24. The van der Waals surface area contributed by atoms with Crippen molar-refractivity contribution in [3.05, 3.63) is 47.0 Å². The van der Waals surface area contributed by atoms with E-state index in [4.69, 9.17) is 5.73 Å². The van der Waals surface area contributed by atoms with Crippen molar-refractivity contribution in [3.63, 3.8) is 0 Å². The van der Waals surface area contributed by atoms with Crippen LogP contribution >= 0.6 is 0 Å². The summed E-state index contributed by atoms with van der Waals surface area (Å²) >= 11 is 0. The predicted octanol–water partition coefficient (Wildman–Crippen LogP) is 5.62. The Labute approximate surface area is 161 Å². The van der Waals surface area contributed by atoms with Crippen LogP contribution < -0.4 is 5.73 Å². The Balaban J connectivity index is 2.11. The zero-order chi connectivity index (χ0) is 19.4. The van der Waals surface area contributed by atoms with E-state index in [1.807, 2.05) is 6.92 Å². The molecule has 0 spiro atoms. The van der Waals surface area contributed by atoms with Crippen LogP contribution in [0.5, 0.6) is 0 Å². The van der Waals surface area contributed by atoms with E-state index in [0.29, 0.717) is 11.5 Å². The van der Waals surface area contributed by atoms with Crippen molar-refractivity contribution in [2.45, 2.75) is 71.8 Å². The maximum Gasteiger partial charge on any atom is 0.251 e. The van der Waals surface area contributed by atoms with Gasteiger partial charge in [0.1, 0.15) is 5.82 Å². The van der Waals surface area contributed by atoms with Gasteiger partial charge in [-0.05, 0) is 56.2 Å². The van der Waals surface area contributed by atoms with Crippen molar-refractivity contribution < 1.29 is 9.18 Å². The van der Waals surface area contributed by atoms with Crippen LogP contribution in [0, 0.1) is 18.7 Å². The molecule has 0 aliphatic heterocycles. The Morgan fingerprint density at radius 2 is 1.85 bits per heavy atom. The van der Waals surface area contributed by atoms with Gasteiger partial charge in [0, 0.05) is 23.5 Å². The van der Waals surface area contributed by atoms with Gasteiger partial charge in [-0.3, -0.25) is 4.79 Å². The van der Waals surface area contributed by atoms with Crippen molar-refractivity contribution in [1.29, 1.82) is 0 Å². The SMILES string of the molecule is CCCCc1c(-c2ccc(F)cc2)c(C(N)=O)c(C)n1CC1CCCCC1. The molecular weight excluding hydrogens is 339 g/mol. The Hall–Kier alpha value is -2.10. The first-order valence-electron chi connectivity index (χ1n) is 10.3. The lowest BCUT2D eigenvalue weighted by atomic mass is 9.89. The minimum atomic E-state index is -0.396. The van der Waals surface area contributed by atoms with E-state index < -0.39 is 5.91 Å². The van der Waals surface area contributed by atoms with Gasteiger partial charge in [-0.15, -0.1) is 0 Å². The summed E-state index contributed by atoms with van der Waals surface area (Å²) in [6, 6.07) is 6.43. The van der Waals surface area contributed by atoms with Gasteiger partial charge in [-0.1, -0.05) is 44.7 Å². The van der Waals surface area contributed by atoms with Gasteiger partial charge in [0.2, 0.25) is 0 Å². The highest BCUT2D eigenvalue weighted by atomic mass is 19.1. The molecule has 4 heteroatoms. The second-order valence-electron chi connectivity index (χ2n) is 7.87. The van der Waals surface area contributed by atoms with E-state index >= 15 is 0 Å². The van der Waals surface area contributed by atoms with Crippen LogP contribution in [0.3, 0.4) is 0 Å². The number of aromatic nitrogens is 1. The number of benzene rings is 1. The van der Waals surface area contributed by atoms with Crippen LogP contribution in [-0.2, 0) is 13.0 Å². The van der Waals surface area contributed by atoms with Gasteiger partial charge in [-0.25, -0.2) is 4.39 Å². The van der Waals surface area contributed by atoms with Crippen LogP contribution in [0.1, 0.15) is 73.6 Å². The molecule has 2 aromatic rings. The zero-order valence-electron chi connectivity index (χ0n) is 16.6. The highest BCUT2D eigenvalue weighted by Gasteiger charge is 2.26. The molecule has 0 unspecified atom stereocenters. The predicted molar refractivity (Wildman–Crippen MR) is 108 cm³/mol. The fraction of sp³-hybridized carbons (Fsp3) is 0.522. The van der Waals surface area contributed by atoms with E-state index in [1.54, 1.807) is 12.1 Å². The lowest BCUT2D eigenvalue weighted by Crippen LogP contribution is -2.18. The summed E-state index contributed by atoms with van der Waals surface area (Å²) in [4.78, 5) is 12.3. The van der Waals surface area contributed by atoms with Crippen molar-refractivity contribution in [2.24, 2.45) is 11.7 Å². The number of nitrogens with two attached hydrogens (primary N) is 1. The molecule has 0 radical (unpaired) electrons. The topological polar surface area (TPSA) is 48.0 Å². The number of hydrogen-bond acceptors (Lipinski definition) is 1. The second kappa shape index (κ2) is 8.73. The van der Waals surface area contributed by atoms with Gasteiger partial charge < -0.3 is 10.3 Å². The summed E-state index contributed by atoms with van der Waals surface area (Å²) in [5, 5.41) is 0.